The smallest absolute Gasteiger partial charge is 0.203 e. The number of rotatable bonds is 3. The monoisotopic (exact) mass is 401 g/mol. The molecule has 1 N–H and O–H groups in total. The Bertz CT molecular complexity index is 750. The molecular weight excluding hydrogens is 382 g/mol. The number of nitrogens with one attached hydrogen (secondary N) is 1. The van der Waals surface area contributed by atoms with Gasteiger partial charge in [0, 0.05) is 21.1 Å². The van der Waals surface area contributed by atoms with E-state index in [1.807, 2.05) is 0 Å². The molecule has 2 aromatic rings. The molecule has 0 radical (unpaired) electrons. The topological polar surface area (TPSA) is 37.3 Å². The molecule has 3 nitrogen and oxygen atoms in total. The first-order valence-corrected chi connectivity index (χ1v) is 10.5. The van der Waals surface area contributed by atoms with E-state index in [-0.39, 0.29) is 0 Å². The first-order chi connectivity index (χ1) is 11.7. The number of anilines is 1. The zero-order valence-corrected chi connectivity index (χ0v) is 15.8. The van der Waals surface area contributed by atoms with Gasteiger partial charge in [-0.15, -0.1) is 11.3 Å². The summed E-state index contributed by atoms with van der Waals surface area (Å²) in [5, 5.41) is 7.82. The van der Waals surface area contributed by atoms with Crippen molar-refractivity contribution >= 4 is 38.1 Å². The van der Waals surface area contributed by atoms with Crippen LogP contribution in [0, 0.1) is 23.7 Å². The highest BCUT2D eigenvalue weighted by Crippen LogP contribution is 2.52. The lowest BCUT2D eigenvalue weighted by Gasteiger charge is -2.50. The summed E-state index contributed by atoms with van der Waals surface area (Å²) >= 11 is 5.11. The largest absolute Gasteiger partial charge is 0.253 e. The van der Waals surface area contributed by atoms with Crippen LogP contribution in [0.3, 0.4) is 0 Å². The Morgan fingerprint density at radius 2 is 1.67 bits per heavy atom. The molecule has 4 fully saturated rings. The molecule has 24 heavy (non-hydrogen) atoms. The lowest BCUT2D eigenvalue weighted by Crippen LogP contribution is -2.45. The number of halogens is 1. The van der Waals surface area contributed by atoms with Crippen molar-refractivity contribution in [2.75, 3.05) is 5.43 Å². The summed E-state index contributed by atoms with van der Waals surface area (Å²) in [5.74, 6) is 3.44. The average Bonchev–Trinajstić information content (AvgIpc) is 3.03. The van der Waals surface area contributed by atoms with Gasteiger partial charge in [0.15, 0.2) is 0 Å². The fraction of sp³-hybridized carbons (Fsp3) is 0.474. The second-order valence-corrected chi connectivity index (χ2v) is 9.27. The van der Waals surface area contributed by atoms with Gasteiger partial charge < -0.3 is 0 Å². The Morgan fingerprint density at radius 3 is 2.33 bits per heavy atom. The van der Waals surface area contributed by atoms with Crippen LogP contribution in [0.15, 0.2) is 39.2 Å². The number of nitrogens with zero attached hydrogens (tertiary/aromatic N) is 2. The summed E-state index contributed by atoms with van der Waals surface area (Å²) in [4.78, 5) is 4.70. The van der Waals surface area contributed by atoms with Gasteiger partial charge in [0.25, 0.3) is 0 Å². The van der Waals surface area contributed by atoms with Crippen LogP contribution < -0.4 is 5.43 Å². The van der Waals surface area contributed by atoms with E-state index < -0.39 is 0 Å². The number of benzene rings is 1. The summed E-state index contributed by atoms with van der Waals surface area (Å²) in [5.41, 5.74) is 6.85. The first kappa shape index (κ1) is 15.1. The molecule has 0 amide bonds. The summed E-state index contributed by atoms with van der Waals surface area (Å²) in [6.07, 6.45) is 6.97. The Hall–Kier alpha value is -1.20. The highest BCUT2D eigenvalue weighted by molar-refractivity contribution is 9.10. The zero-order valence-electron chi connectivity index (χ0n) is 13.4. The molecule has 0 saturated heterocycles. The average molecular weight is 402 g/mol. The maximum Gasteiger partial charge on any atom is 0.203 e. The van der Waals surface area contributed by atoms with Gasteiger partial charge in [-0.25, -0.2) is 4.98 Å². The van der Waals surface area contributed by atoms with Crippen LogP contribution in [-0.4, -0.2) is 10.7 Å². The van der Waals surface area contributed by atoms with Crippen molar-refractivity contribution in [2.45, 2.75) is 32.1 Å². The molecule has 1 heterocycles. The molecule has 0 atom stereocenters. The van der Waals surface area contributed by atoms with Crippen molar-refractivity contribution < 1.29 is 0 Å². The van der Waals surface area contributed by atoms with Crippen LogP contribution in [0.25, 0.3) is 11.3 Å². The predicted molar refractivity (Wildman–Crippen MR) is 103 cm³/mol. The lowest BCUT2D eigenvalue weighted by atomic mass is 9.55. The van der Waals surface area contributed by atoms with Crippen molar-refractivity contribution in [1.82, 2.24) is 4.98 Å². The Kier molecular flexibility index (Phi) is 3.74. The minimum atomic E-state index is 0.736. The normalized spacial score (nSPS) is 30.6. The van der Waals surface area contributed by atoms with Crippen molar-refractivity contribution in [3.8, 4) is 11.3 Å². The molecule has 4 saturated carbocycles. The van der Waals surface area contributed by atoms with E-state index in [4.69, 9.17) is 10.1 Å². The third-order valence-electron chi connectivity index (χ3n) is 5.90. The van der Waals surface area contributed by atoms with Crippen LogP contribution in [-0.2, 0) is 0 Å². The summed E-state index contributed by atoms with van der Waals surface area (Å²) in [6.45, 7) is 0. The van der Waals surface area contributed by atoms with Crippen molar-refractivity contribution in [3.63, 3.8) is 0 Å². The Labute approximate surface area is 154 Å². The SMILES string of the molecule is Brc1ccc(-c2csc(NN=C3C4CC5CC(C4)CC3C5)n2)cc1. The van der Waals surface area contributed by atoms with Crippen molar-refractivity contribution in [2.24, 2.45) is 28.8 Å². The van der Waals surface area contributed by atoms with Crippen LogP contribution in [0.2, 0.25) is 0 Å². The number of hydrazone groups is 1. The molecule has 0 unspecified atom stereocenters. The molecule has 4 aliphatic rings. The van der Waals surface area contributed by atoms with Crippen LogP contribution in [0.4, 0.5) is 5.13 Å². The van der Waals surface area contributed by atoms with Gasteiger partial charge in [0.05, 0.1) is 5.69 Å². The Balaban J connectivity index is 1.33. The van der Waals surface area contributed by atoms with Gasteiger partial charge in [0.1, 0.15) is 0 Å². The molecule has 1 aromatic heterocycles. The standard InChI is InChI=1S/C19H20BrN3S/c20-16-3-1-13(2-4-16)17-10-24-19(21-17)23-22-18-14-6-11-5-12(8-14)9-15(18)7-11/h1-4,10-12,14-15H,5-9H2,(H,21,23). The third-order valence-corrected chi connectivity index (χ3v) is 7.18. The van der Waals surface area contributed by atoms with Crippen molar-refractivity contribution in [1.29, 1.82) is 0 Å². The Morgan fingerprint density at radius 1 is 1.00 bits per heavy atom. The highest BCUT2D eigenvalue weighted by Gasteiger charge is 2.46. The zero-order chi connectivity index (χ0) is 16.1. The van der Waals surface area contributed by atoms with Gasteiger partial charge in [-0.05, 0) is 67.9 Å². The summed E-state index contributed by atoms with van der Waals surface area (Å²) < 4.78 is 1.09. The van der Waals surface area contributed by atoms with Crippen LogP contribution >= 0.6 is 27.3 Å². The minimum absolute atomic E-state index is 0.736. The minimum Gasteiger partial charge on any atom is -0.253 e. The fourth-order valence-corrected chi connectivity index (χ4v) is 5.97. The van der Waals surface area contributed by atoms with Gasteiger partial charge in [-0.1, -0.05) is 28.1 Å². The van der Waals surface area contributed by atoms with E-state index in [0.717, 1.165) is 44.5 Å². The van der Waals surface area contributed by atoms with Gasteiger partial charge in [-0.3, -0.25) is 5.43 Å². The van der Waals surface area contributed by atoms with Gasteiger partial charge in [0.2, 0.25) is 5.13 Å². The summed E-state index contributed by atoms with van der Waals surface area (Å²) in [7, 11) is 0. The van der Waals surface area contributed by atoms with E-state index >= 15 is 0 Å². The fourth-order valence-electron chi connectivity index (χ4n) is 5.04. The van der Waals surface area contributed by atoms with Crippen LogP contribution in [0.1, 0.15) is 32.1 Å². The quantitative estimate of drug-likeness (QED) is 0.659. The van der Waals surface area contributed by atoms with Crippen molar-refractivity contribution in [3.05, 3.63) is 34.1 Å². The molecule has 0 spiro atoms. The van der Waals surface area contributed by atoms with Crippen LogP contribution in [0.5, 0.6) is 0 Å². The molecule has 4 aliphatic carbocycles. The third kappa shape index (κ3) is 2.72. The van der Waals surface area contributed by atoms with E-state index in [1.54, 1.807) is 11.3 Å². The van der Waals surface area contributed by atoms with Gasteiger partial charge >= 0.3 is 0 Å². The molecule has 4 bridgehead atoms. The van der Waals surface area contributed by atoms with E-state index in [9.17, 15) is 0 Å². The number of thiazole rings is 1. The first-order valence-electron chi connectivity index (χ1n) is 8.79. The van der Waals surface area contributed by atoms with E-state index in [1.165, 1.54) is 37.8 Å². The molecule has 1 aromatic carbocycles. The molecular formula is C19H20BrN3S. The van der Waals surface area contributed by atoms with E-state index in [0.29, 0.717) is 0 Å². The van der Waals surface area contributed by atoms with E-state index in [2.05, 4.69) is 51.0 Å². The second-order valence-electron chi connectivity index (χ2n) is 7.50. The maximum atomic E-state index is 4.82. The number of aromatic nitrogens is 1. The molecule has 124 valence electrons. The lowest BCUT2D eigenvalue weighted by molar-refractivity contribution is 0.108. The molecule has 6 rings (SSSR count). The highest BCUT2D eigenvalue weighted by atomic mass is 79.9. The summed E-state index contributed by atoms with van der Waals surface area (Å²) in [6, 6.07) is 8.28. The maximum absolute atomic E-state index is 4.82. The number of hydrogen-bond acceptors (Lipinski definition) is 4. The predicted octanol–water partition coefficient (Wildman–Crippen LogP) is 5.80. The van der Waals surface area contributed by atoms with Gasteiger partial charge in [-0.2, -0.15) is 5.10 Å². The number of hydrogen-bond donors (Lipinski definition) is 1. The second kappa shape index (κ2) is 5.95. The molecule has 5 heteroatoms. The molecule has 0 aliphatic heterocycles.